The Hall–Kier alpha value is -0.120. The van der Waals surface area contributed by atoms with Crippen molar-refractivity contribution in [3.05, 3.63) is 0 Å². The zero-order valence-corrected chi connectivity index (χ0v) is 9.92. The first kappa shape index (κ1) is 11.4. The molecule has 0 radical (unpaired) electrons. The van der Waals surface area contributed by atoms with Gasteiger partial charge in [-0.3, -0.25) is 0 Å². The van der Waals surface area contributed by atoms with Gasteiger partial charge in [0.1, 0.15) is 0 Å². The first-order chi connectivity index (χ1) is 7.02. The third-order valence-corrected chi connectivity index (χ3v) is 3.95. The Kier molecular flexibility index (Phi) is 3.06. The van der Waals surface area contributed by atoms with E-state index in [4.69, 9.17) is 15.2 Å². The standard InChI is InChI=1S/C12H23NO2/c1-11(2,13)10-3-6-15-12(9-10)4-7-14-8-5-12/h10H,3-9,13H2,1-2H3. The normalized spacial score (nSPS) is 31.8. The van der Waals surface area contributed by atoms with Crippen LogP contribution in [0.15, 0.2) is 0 Å². The molecule has 15 heavy (non-hydrogen) atoms. The Morgan fingerprint density at radius 1 is 1.20 bits per heavy atom. The Bertz CT molecular complexity index is 211. The first-order valence-electron chi connectivity index (χ1n) is 6.02. The number of rotatable bonds is 1. The summed E-state index contributed by atoms with van der Waals surface area (Å²) in [7, 11) is 0. The average molecular weight is 213 g/mol. The molecule has 3 nitrogen and oxygen atoms in total. The highest BCUT2D eigenvalue weighted by molar-refractivity contribution is 4.95. The highest BCUT2D eigenvalue weighted by Crippen LogP contribution is 2.40. The third-order valence-electron chi connectivity index (χ3n) is 3.95. The van der Waals surface area contributed by atoms with Gasteiger partial charge in [0.2, 0.25) is 0 Å². The lowest BCUT2D eigenvalue weighted by Crippen LogP contribution is -2.51. The molecule has 2 N–H and O–H groups in total. The maximum atomic E-state index is 6.21. The van der Waals surface area contributed by atoms with Crippen LogP contribution in [0, 0.1) is 5.92 Å². The van der Waals surface area contributed by atoms with Gasteiger partial charge < -0.3 is 15.2 Å². The van der Waals surface area contributed by atoms with Gasteiger partial charge in [0.05, 0.1) is 5.60 Å². The molecule has 0 aromatic carbocycles. The topological polar surface area (TPSA) is 44.5 Å². The summed E-state index contributed by atoms with van der Waals surface area (Å²) in [6.45, 7) is 6.83. The Morgan fingerprint density at radius 3 is 2.47 bits per heavy atom. The quantitative estimate of drug-likeness (QED) is 0.721. The van der Waals surface area contributed by atoms with Crippen LogP contribution in [0.5, 0.6) is 0 Å². The number of hydrogen-bond acceptors (Lipinski definition) is 3. The molecule has 3 heteroatoms. The van der Waals surface area contributed by atoms with E-state index >= 15 is 0 Å². The molecular weight excluding hydrogens is 190 g/mol. The zero-order chi connectivity index (χ0) is 10.9. The van der Waals surface area contributed by atoms with Crippen molar-refractivity contribution >= 4 is 0 Å². The molecule has 0 bridgehead atoms. The molecule has 88 valence electrons. The van der Waals surface area contributed by atoms with Gasteiger partial charge in [0, 0.05) is 25.4 Å². The van der Waals surface area contributed by atoms with E-state index in [0.717, 1.165) is 45.5 Å². The smallest absolute Gasteiger partial charge is 0.0729 e. The average Bonchev–Trinajstić information content (AvgIpc) is 2.18. The van der Waals surface area contributed by atoms with E-state index < -0.39 is 0 Å². The highest BCUT2D eigenvalue weighted by Gasteiger charge is 2.42. The van der Waals surface area contributed by atoms with Crippen molar-refractivity contribution < 1.29 is 9.47 Å². The van der Waals surface area contributed by atoms with Crippen LogP contribution in [0.25, 0.3) is 0 Å². The molecule has 2 aliphatic heterocycles. The summed E-state index contributed by atoms with van der Waals surface area (Å²) in [5.74, 6) is 0.587. The molecule has 1 unspecified atom stereocenters. The molecule has 0 aromatic heterocycles. The molecule has 1 spiro atoms. The van der Waals surface area contributed by atoms with Crippen LogP contribution in [-0.4, -0.2) is 31.0 Å². The SMILES string of the molecule is CC(C)(N)C1CCOC2(CCOCC2)C1. The van der Waals surface area contributed by atoms with E-state index in [1.54, 1.807) is 0 Å². The second-order valence-corrected chi connectivity index (χ2v) is 5.65. The highest BCUT2D eigenvalue weighted by atomic mass is 16.5. The van der Waals surface area contributed by atoms with Crippen LogP contribution in [0.1, 0.15) is 39.5 Å². The van der Waals surface area contributed by atoms with Crippen molar-refractivity contribution in [3.63, 3.8) is 0 Å². The number of nitrogens with two attached hydrogens (primary N) is 1. The lowest BCUT2D eigenvalue weighted by Gasteiger charge is -2.46. The maximum Gasteiger partial charge on any atom is 0.0729 e. The van der Waals surface area contributed by atoms with Gasteiger partial charge in [0.25, 0.3) is 0 Å². The second-order valence-electron chi connectivity index (χ2n) is 5.65. The van der Waals surface area contributed by atoms with Crippen molar-refractivity contribution in [3.8, 4) is 0 Å². The molecule has 0 aliphatic carbocycles. The van der Waals surface area contributed by atoms with Gasteiger partial charge in [-0.15, -0.1) is 0 Å². The lowest BCUT2D eigenvalue weighted by atomic mass is 9.73. The summed E-state index contributed by atoms with van der Waals surface area (Å²) in [6.07, 6.45) is 4.30. The van der Waals surface area contributed by atoms with Gasteiger partial charge in [0.15, 0.2) is 0 Å². The predicted octanol–water partition coefficient (Wildman–Crippen LogP) is 1.70. The van der Waals surface area contributed by atoms with E-state index in [0.29, 0.717) is 5.92 Å². The Morgan fingerprint density at radius 2 is 1.87 bits per heavy atom. The number of ether oxygens (including phenoxy) is 2. The molecule has 0 aromatic rings. The largest absolute Gasteiger partial charge is 0.381 e. The summed E-state index contributed by atoms with van der Waals surface area (Å²) in [5, 5.41) is 0. The van der Waals surface area contributed by atoms with Gasteiger partial charge in [-0.1, -0.05) is 0 Å². The summed E-state index contributed by atoms with van der Waals surface area (Å²) < 4.78 is 11.4. The van der Waals surface area contributed by atoms with Crippen molar-refractivity contribution in [2.75, 3.05) is 19.8 Å². The van der Waals surface area contributed by atoms with E-state index in [-0.39, 0.29) is 11.1 Å². The molecule has 2 aliphatic rings. The van der Waals surface area contributed by atoms with Gasteiger partial charge in [-0.25, -0.2) is 0 Å². The predicted molar refractivity (Wildman–Crippen MR) is 59.7 cm³/mol. The van der Waals surface area contributed by atoms with Crippen LogP contribution in [0.2, 0.25) is 0 Å². The van der Waals surface area contributed by atoms with Gasteiger partial charge in [-0.2, -0.15) is 0 Å². The van der Waals surface area contributed by atoms with Crippen molar-refractivity contribution in [2.24, 2.45) is 11.7 Å². The van der Waals surface area contributed by atoms with E-state index in [1.807, 2.05) is 0 Å². The number of hydrogen-bond donors (Lipinski definition) is 1. The van der Waals surface area contributed by atoms with Crippen molar-refractivity contribution in [2.45, 2.75) is 50.7 Å². The lowest BCUT2D eigenvalue weighted by molar-refractivity contribution is -0.152. The molecular formula is C12H23NO2. The fourth-order valence-electron chi connectivity index (χ4n) is 2.75. The molecule has 0 amide bonds. The molecule has 2 saturated heterocycles. The Labute approximate surface area is 92.3 Å². The summed E-state index contributed by atoms with van der Waals surface area (Å²) >= 11 is 0. The fraction of sp³-hybridized carbons (Fsp3) is 1.00. The first-order valence-corrected chi connectivity index (χ1v) is 6.02. The van der Waals surface area contributed by atoms with Crippen LogP contribution in [0.3, 0.4) is 0 Å². The molecule has 2 heterocycles. The molecule has 1 atom stereocenters. The molecule has 2 fully saturated rings. The van der Waals surface area contributed by atoms with Crippen molar-refractivity contribution in [1.82, 2.24) is 0 Å². The summed E-state index contributed by atoms with van der Waals surface area (Å²) in [5.41, 5.74) is 6.22. The van der Waals surface area contributed by atoms with Gasteiger partial charge >= 0.3 is 0 Å². The minimum Gasteiger partial charge on any atom is -0.381 e. The van der Waals surface area contributed by atoms with E-state index in [9.17, 15) is 0 Å². The van der Waals surface area contributed by atoms with Crippen LogP contribution >= 0.6 is 0 Å². The molecule has 0 saturated carbocycles. The third kappa shape index (κ3) is 2.52. The molecule has 2 rings (SSSR count). The monoisotopic (exact) mass is 213 g/mol. The Balaban J connectivity index is 2.02. The van der Waals surface area contributed by atoms with Crippen molar-refractivity contribution in [1.29, 1.82) is 0 Å². The van der Waals surface area contributed by atoms with E-state index in [2.05, 4.69) is 13.8 Å². The minimum atomic E-state index is -0.0743. The summed E-state index contributed by atoms with van der Waals surface area (Å²) in [4.78, 5) is 0. The van der Waals surface area contributed by atoms with Crippen LogP contribution in [0.4, 0.5) is 0 Å². The van der Waals surface area contributed by atoms with Crippen LogP contribution in [-0.2, 0) is 9.47 Å². The second kappa shape index (κ2) is 4.04. The fourth-order valence-corrected chi connectivity index (χ4v) is 2.75. The summed E-state index contributed by atoms with van der Waals surface area (Å²) in [6, 6.07) is 0. The minimum absolute atomic E-state index is 0.0743. The maximum absolute atomic E-state index is 6.21. The van der Waals surface area contributed by atoms with Crippen LogP contribution < -0.4 is 5.73 Å². The van der Waals surface area contributed by atoms with E-state index in [1.165, 1.54) is 0 Å². The zero-order valence-electron chi connectivity index (χ0n) is 9.92. The van der Waals surface area contributed by atoms with Gasteiger partial charge in [-0.05, 0) is 45.4 Å².